The van der Waals surface area contributed by atoms with Crippen LogP contribution in [0.1, 0.15) is 5.56 Å². The molecule has 0 aromatic carbocycles. The van der Waals surface area contributed by atoms with Crippen molar-refractivity contribution in [3.8, 4) is 0 Å². The quantitative estimate of drug-likeness (QED) is 0.741. The Morgan fingerprint density at radius 2 is 2.55 bits per heavy atom. The third-order valence-corrected chi connectivity index (χ3v) is 2.14. The summed E-state index contributed by atoms with van der Waals surface area (Å²) in [6.07, 6.45) is 0.326. The van der Waals surface area contributed by atoms with Gasteiger partial charge in [-0.05, 0) is 22.4 Å². The molecule has 0 aliphatic rings. The highest BCUT2D eigenvalue weighted by atomic mass is 32.1. The number of aliphatic hydroxyl groups excluding tert-OH is 1. The molecule has 0 amide bonds. The average Bonchev–Trinajstić information content (AvgIpc) is 2.40. The van der Waals surface area contributed by atoms with Crippen molar-refractivity contribution in [2.24, 2.45) is 0 Å². The minimum Gasteiger partial charge on any atom is -0.390 e. The van der Waals surface area contributed by atoms with Gasteiger partial charge in [-0.2, -0.15) is 11.3 Å². The van der Waals surface area contributed by atoms with Crippen LogP contribution in [-0.4, -0.2) is 24.9 Å². The molecule has 1 rings (SSSR count). The normalized spacial score (nSPS) is 13.3. The van der Waals surface area contributed by atoms with Gasteiger partial charge in [0.25, 0.3) is 0 Å². The van der Waals surface area contributed by atoms with Gasteiger partial charge >= 0.3 is 0 Å². The lowest BCUT2D eigenvalue weighted by atomic mass is 10.2. The Labute approximate surface area is 70.4 Å². The van der Waals surface area contributed by atoms with Gasteiger partial charge in [-0.15, -0.1) is 0 Å². The third kappa shape index (κ3) is 3.01. The van der Waals surface area contributed by atoms with Gasteiger partial charge in [-0.25, -0.2) is 0 Å². The fraction of sp³-hybridized carbons (Fsp3) is 0.500. The predicted octanol–water partition coefficient (Wildman–Crippen LogP) is 1.30. The molecule has 62 valence electrons. The molecule has 1 aromatic heterocycles. The Bertz CT molecular complexity index is 184. The number of rotatable bonds is 4. The van der Waals surface area contributed by atoms with Crippen LogP contribution in [0.15, 0.2) is 16.8 Å². The Kier molecular flexibility index (Phi) is 3.56. The summed E-state index contributed by atoms with van der Waals surface area (Å²) in [6, 6.07) is 2.02. The first-order chi connectivity index (χ1) is 5.33. The molecule has 0 fully saturated rings. The van der Waals surface area contributed by atoms with Crippen molar-refractivity contribution in [3.63, 3.8) is 0 Å². The summed E-state index contributed by atoms with van der Waals surface area (Å²) in [6.45, 7) is 0.413. The second kappa shape index (κ2) is 4.49. The largest absolute Gasteiger partial charge is 0.390 e. The molecule has 1 aromatic rings. The van der Waals surface area contributed by atoms with Crippen molar-refractivity contribution in [2.45, 2.75) is 12.5 Å². The molecule has 0 spiro atoms. The van der Waals surface area contributed by atoms with E-state index in [9.17, 15) is 5.11 Å². The summed E-state index contributed by atoms with van der Waals surface area (Å²) in [5.74, 6) is 0. The third-order valence-electron chi connectivity index (χ3n) is 1.41. The highest BCUT2D eigenvalue weighted by Crippen LogP contribution is 2.08. The number of thiophene rings is 1. The molecular weight excluding hydrogens is 160 g/mol. The molecule has 1 heterocycles. The molecule has 0 aliphatic carbocycles. The summed E-state index contributed by atoms with van der Waals surface area (Å²) < 4.78 is 4.81. The minimum atomic E-state index is -0.366. The van der Waals surface area contributed by atoms with Crippen LogP contribution < -0.4 is 0 Å². The first-order valence-electron chi connectivity index (χ1n) is 3.51. The average molecular weight is 172 g/mol. The highest BCUT2D eigenvalue weighted by Gasteiger charge is 2.04. The molecule has 0 aliphatic heterocycles. The van der Waals surface area contributed by atoms with E-state index in [2.05, 4.69) is 0 Å². The maximum Gasteiger partial charge on any atom is 0.0814 e. The van der Waals surface area contributed by atoms with Gasteiger partial charge in [-0.3, -0.25) is 0 Å². The zero-order chi connectivity index (χ0) is 8.10. The van der Waals surface area contributed by atoms with E-state index in [1.807, 2.05) is 16.8 Å². The van der Waals surface area contributed by atoms with Crippen molar-refractivity contribution < 1.29 is 9.84 Å². The lowest BCUT2D eigenvalue weighted by molar-refractivity contribution is 0.0651. The van der Waals surface area contributed by atoms with Crippen LogP contribution in [0.2, 0.25) is 0 Å². The van der Waals surface area contributed by atoms with E-state index in [4.69, 9.17) is 4.74 Å². The summed E-state index contributed by atoms with van der Waals surface area (Å²) in [7, 11) is 1.59. The van der Waals surface area contributed by atoms with E-state index >= 15 is 0 Å². The molecule has 0 radical (unpaired) electrons. The fourth-order valence-corrected chi connectivity index (χ4v) is 1.61. The molecule has 1 N–H and O–H groups in total. The molecular formula is C8H12O2S. The molecule has 1 unspecified atom stereocenters. The molecule has 11 heavy (non-hydrogen) atoms. The van der Waals surface area contributed by atoms with Crippen molar-refractivity contribution in [2.75, 3.05) is 13.7 Å². The van der Waals surface area contributed by atoms with Crippen molar-refractivity contribution in [1.29, 1.82) is 0 Å². The Morgan fingerprint density at radius 3 is 3.09 bits per heavy atom. The van der Waals surface area contributed by atoms with Gasteiger partial charge in [-0.1, -0.05) is 0 Å². The number of ether oxygens (including phenoxy) is 1. The van der Waals surface area contributed by atoms with E-state index in [0.717, 1.165) is 0 Å². The van der Waals surface area contributed by atoms with E-state index < -0.39 is 0 Å². The fourth-order valence-electron chi connectivity index (χ4n) is 0.932. The lowest BCUT2D eigenvalue weighted by Gasteiger charge is -2.06. The van der Waals surface area contributed by atoms with Gasteiger partial charge in [0.1, 0.15) is 0 Å². The van der Waals surface area contributed by atoms with E-state index in [0.29, 0.717) is 13.0 Å². The van der Waals surface area contributed by atoms with Gasteiger partial charge in [0.15, 0.2) is 0 Å². The number of aliphatic hydroxyl groups is 1. The highest BCUT2D eigenvalue weighted by molar-refractivity contribution is 7.07. The van der Waals surface area contributed by atoms with E-state index in [1.54, 1.807) is 18.4 Å². The first-order valence-corrected chi connectivity index (χ1v) is 4.45. The van der Waals surface area contributed by atoms with Crippen molar-refractivity contribution in [3.05, 3.63) is 22.4 Å². The second-order valence-corrected chi connectivity index (χ2v) is 3.22. The van der Waals surface area contributed by atoms with E-state index in [-0.39, 0.29) is 6.10 Å². The van der Waals surface area contributed by atoms with Crippen LogP contribution in [0.3, 0.4) is 0 Å². The standard InChI is InChI=1S/C8H12O2S/c1-10-5-8(9)4-7-2-3-11-6-7/h2-3,6,8-9H,4-5H2,1H3. The zero-order valence-electron chi connectivity index (χ0n) is 6.49. The number of methoxy groups -OCH3 is 1. The number of hydrogen-bond donors (Lipinski definition) is 1. The summed E-state index contributed by atoms with van der Waals surface area (Å²) in [5, 5.41) is 13.3. The maximum atomic E-state index is 9.30. The van der Waals surface area contributed by atoms with Crippen LogP contribution >= 0.6 is 11.3 Å². The van der Waals surface area contributed by atoms with Crippen molar-refractivity contribution >= 4 is 11.3 Å². The SMILES string of the molecule is COCC(O)Cc1ccsc1. The van der Waals surface area contributed by atoms with Crippen LogP contribution in [0.4, 0.5) is 0 Å². The zero-order valence-corrected chi connectivity index (χ0v) is 7.30. The topological polar surface area (TPSA) is 29.5 Å². The van der Waals surface area contributed by atoms with Gasteiger partial charge in [0.05, 0.1) is 12.7 Å². The van der Waals surface area contributed by atoms with Gasteiger partial charge in [0, 0.05) is 13.5 Å². The maximum absolute atomic E-state index is 9.30. The Hall–Kier alpha value is -0.380. The molecule has 1 atom stereocenters. The van der Waals surface area contributed by atoms with E-state index in [1.165, 1.54) is 5.56 Å². The Balaban J connectivity index is 2.31. The number of hydrogen-bond acceptors (Lipinski definition) is 3. The van der Waals surface area contributed by atoms with Crippen LogP contribution in [-0.2, 0) is 11.2 Å². The van der Waals surface area contributed by atoms with Crippen LogP contribution in [0.25, 0.3) is 0 Å². The summed E-state index contributed by atoms with van der Waals surface area (Å²) >= 11 is 1.65. The summed E-state index contributed by atoms with van der Waals surface area (Å²) in [5.41, 5.74) is 1.18. The first kappa shape index (κ1) is 8.71. The molecule has 0 saturated carbocycles. The van der Waals surface area contributed by atoms with Gasteiger partial charge in [0.2, 0.25) is 0 Å². The predicted molar refractivity (Wildman–Crippen MR) is 45.9 cm³/mol. The molecule has 0 bridgehead atoms. The Morgan fingerprint density at radius 1 is 1.73 bits per heavy atom. The summed E-state index contributed by atoms with van der Waals surface area (Å²) in [4.78, 5) is 0. The lowest BCUT2D eigenvalue weighted by Crippen LogP contribution is -2.16. The monoisotopic (exact) mass is 172 g/mol. The van der Waals surface area contributed by atoms with Crippen LogP contribution in [0.5, 0.6) is 0 Å². The van der Waals surface area contributed by atoms with Crippen LogP contribution in [0, 0.1) is 0 Å². The van der Waals surface area contributed by atoms with Gasteiger partial charge < -0.3 is 9.84 Å². The molecule has 2 nitrogen and oxygen atoms in total. The van der Waals surface area contributed by atoms with Crippen molar-refractivity contribution in [1.82, 2.24) is 0 Å². The molecule has 0 saturated heterocycles. The second-order valence-electron chi connectivity index (χ2n) is 2.44. The molecule has 3 heteroatoms. The minimum absolute atomic E-state index is 0.366. The smallest absolute Gasteiger partial charge is 0.0814 e.